The van der Waals surface area contributed by atoms with Gasteiger partial charge in [0.15, 0.2) is 0 Å². The first-order chi connectivity index (χ1) is 14.2. The summed E-state index contributed by atoms with van der Waals surface area (Å²) in [6.07, 6.45) is 0.647. The van der Waals surface area contributed by atoms with Crippen LogP contribution < -0.4 is 14.2 Å². The first kappa shape index (κ1) is 22.4. The van der Waals surface area contributed by atoms with Gasteiger partial charge in [0.2, 0.25) is 10.0 Å². The second kappa shape index (κ2) is 8.83. The summed E-state index contributed by atoms with van der Waals surface area (Å²) in [5.74, 6) is 0.865. The highest BCUT2D eigenvalue weighted by Crippen LogP contribution is 2.32. The monoisotopic (exact) mass is 454 g/mol. The zero-order chi connectivity index (χ0) is 21.9. The van der Waals surface area contributed by atoms with Crippen LogP contribution in [0, 0.1) is 0 Å². The Morgan fingerprint density at radius 2 is 1.77 bits per heavy atom. The van der Waals surface area contributed by atoms with Gasteiger partial charge in [-0.1, -0.05) is 13.8 Å². The number of anilines is 1. The van der Waals surface area contributed by atoms with E-state index in [9.17, 15) is 16.8 Å². The molecule has 0 bridgehead atoms. The summed E-state index contributed by atoms with van der Waals surface area (Å²) in [5, 5.41) is 0. The quantitative estimate of drug-likeness (QED) is 0.625. The molecular weight excluding hydrogens is 428 g/mol. The topological polar surface area (TPSA) is 102 Å². The lowest BCUT2D eigenvalue weighted by molar-refractivity contribution is 0.329. The molecule has 10 heteroatoms. The average Bonchev–Trinajstić information content (AvgIpc) is 3.17. The summed E-state index contributed by atoms with van der Waals surface area (Å²) < 4.78 is 66.5. The van der Waals surface area contributed by atoms with Gasteiger partial charge >= 0.3 is 0 Å². The minimum Gasteiger partial charge on any atom is -0.493 e. The molecule has 1 N–H and O–H groups in total. The SMILES string of the molecule is CCOc1ccc(NS(=O)(=O)c2ccc3c(c2)CCO3)cc1S(=O)(=O)N(CC)CC. The molecular formula is C20H26N2O6S2. The van der Waals surface area contributed by atoms with Crippen LogP contribution in [-0.4, -0.2) is 47.4 Å². The van der Waals surface area contributed by atoms with Crippen LogP contribution in [-0.2, 0) is 26.5 Å². The molecule has 1 aliphatic rings. The molecule has 0 aromatic heterocycles. The fourth-order valence-corrected chi connectivity index (χ4v) is 6.01. The third-order valence-corrected chi connectivity index (χ3v) is 8.24. The lowest BCUT2D eigenvalue weighted by Gasteiger charge is -2.21. The van der Waals surface area contributed by atoms with Crippen molar-refractivity contribution in [1.29, 1.82) is 0 Å². The van der Waals surface area contributed by atoms with E-state index in [0.29, 0.717) is 18.8 Å². The Bertz CT molecular complexity index is 1130. The highest BCUT2D eigenvalue weighted by molar-refractivity contribution is 7.92. The van der Waals surface area contributed by atoms with Gasteiger partial charge in [0, 0.05) is 19.5 Å². The van der Waals surface area contributed by atoms with Crippen LogP contribution in [0.25, 0.3) is 0 Å². The Morgan fingerprint density at radius 3 is 2.43 bits per heavy atom. The number of benzene rings is 2. The third-order valence-electron chi connectivity index (χ3n) is 4.79. The van der Waals surface area contributed by atoms with Gasteiger partial charge in [-0.05, 0) is 48.9 Å². The molecule has 0 unspecified atom stereocenters. The zero-order valence-electron chi connectivity index (χ0n) is 17.2. The Kier molecular flexibility index (Phi) is 6.59. The van der Waals surface area contributed by atoms with Gasteiger partial charge in [-0.25, -0.2) is 16.8 Å². The van der Waals surface area contributed by atoms with Crippen molar-refractivity contribution >= 4 is 25.7 Å². The van der Waals surface area contributed by atoms with Crippen molar-refractivity contribution in [2.45, 2.75) is 37.0 Å². The number of ether oxygens (including phenoxy) is 2. The first-order valence-electron chi connectivity index (χ1n) is 9.78. The van der Waals surface area contributed by atoms with Gasteiger partial charge in [0.05, 0.1) is 23.8 Å². The van der Waals surface area contributed by atoms with Gasteiger partial charge in [-0.3, -0.25) is 4.72 Å². The number of sulfonamides is 2. The molecule has 2 aromatic carbocycles. The molecule has 0 saturated carbocycles. The van der Waals surface area contributed by atoms with E-state index in [4.69, 9.17) is 9.47 Å². The number of hydrogen-bond donors (Lipinski definition) is 1. The molecule has 0 saturated heterocycles. The van der Waals surface area contributed by atoms with Gasteiger partial charge < -0.3 is 9.47 Å². The summed E-state index contributed by atoms with van der Waals surface area (Å²) in [6, 6.07) is 8.92. The van der Waals surface area contributed by atoms with Crippen molar-refractivity contribution in [2.24, 2.45) is 0 Å². The van der Waals surface area contributed by atoms with Crippen molar-refractivity contribution in [3.05, 3.63) is 42.0 Å². The van der Waals surface area contributed by atoms with Gasteiger partial charge in [0.25, 0.3) is 10.0 Å². The molecule has 164 valence electrons. The van der Waals surface area contributed by atoms with Crippen molar-refractivity contribution < 1.29 is 26.3 Å². The highest BCUT2D eigenvalue weighted by Gasteiger charge is 2.27. The normalized spacial score (nSPS) is 13.7. The predicted molar refractivity (Wildman–Crippen MR) is 114 cm³/mol. The number of nitrogens with one attached hydrogen (secondary N) is 1. The van der Waals surface area contributed by atoms with Crippen LogP contribution in [0.5, 0.6) is 11.5 Å². The minimum atomic E-state index is -3.91. The van der Waals surface area contributed by atoms with Crippen LogP contribution in [0.4, 0.5) is 5.69 Å². The lowest BCUT2D eigenvalue weighted by Crippen LogP contribution is -2.31. The van der Waals surface area contributed by atoms with Crippen molar-refractivity contribution in [3.63, 3.8) is 0 Å². The minimum absolute atomic E-state index is 0.0735. The van der Waals surface area contributed by atoms with E-state index in [1.165, 1.54) is 28.6 Å². The molecule has 1 heterocycles. The number of fused-ring (bicyclic) bond motifs is 1. The van der Waals surface area contributed by atoms with Crippen LogP contribution >= 0.6 is 0 Å². The Balaban J connectivity index is 1.98. The van der Waals surface area contributed by atoms with Crippen molar-refractivity contribution in [3.8, 4) is 11.5 Å². The Hall–Kier alpha value is -2.30. The summed E-state index contributed by atoms with van der Waals surface area (Å²) in [4.78, 5) is 0.0180. The second-order valence-electron chi connectivity index (χ2n) is 6.66. The molecule has 0 aliphatic carbocycles. The molecule has 1 aliphatic heterocycles. The lowest BCUT2D eigenvalue weighted by atomic mass is 10.2. The van der Waals surface area contributed by atoms with Crippen LogP contribution in [0.2, 0.25) is 0 Å². The molecule has 0 spiro atoms. The second-order valence-corrected chi connectivity index (χ2v) is 10.2. The van der Waals surface area contributed by atoms with Gasteiger partial charge in [-0.2, -0.15) is 4.31 Å². The van der Waals surface area contributed by atoms with Gasteiger partial charge in [-0.15, -0.1) is 0 Å². The summed E-state index contributed by atoms with van der Waals surface area (Å²) in [6.45, 7) is 6.62. The van der Waals surface area contributed by atoms with Crippen LogP contribution in [0.1, 0.15) is 26.3 Å². The van der Waals surface area contributed by atoms with E-state index < -0.39 is 20.0 Å². The Morgan fingerprint density at radius 1 is 1.03 bits per heavy atom. The fraction of sp³-hybridized carbons (Fsp3) is 0.400. The molecule has 0 radical (unpaired) electrons. The molecule has 8 nitrogen and oxygen atoms in total. The van der Waals surface area contributed by atoms with Crippen LogP contribution in [0.3, 0.4) is 0 Å². The molecule has 0 fully saturated rings. The molecule has 30 heavy (non-hydrogen) atoms. The number of hydrogen-bond acceptors (Lipinski definition) is 6. The summed E-state index contributed by atoms with van der Waals surface area (Å²) in [7, 11) is -7.76. The molecule has 3 rings (SSSR count). The van der Waals surface area contributed by atoms with E-state index in [2.05, 4.69) is 4.72 Å². The van der Waals surface area contributed by atoms with E-state index in [-0.39, 0.29) is 40.9 Å². The van der Waals surface area contributed by atoms with Crippen molar-refractivity contribution in [1.82, 2.24) is 4.31 Å². The molecule has 0 atom stereocenters. The average molecular weight is 455 g/mol. The maximum atomic E-state index is 13.1. The van der Waals surface area contributed by atoms with Crippen LogP contribution in [0.15, 0.2) is 46.2 Å². The Labute approximate surface area is 177 Å². The standard InChI is InChI=1S/C20H26N2O6S2/c1-4-22(5-2)30(25,26)20-14-16(7-9-19(20)27-6-3)21-29(23,24)17-8-10-18-15(13-17)11-12-28-18/h7-10,13-14,21H,4-6,11-12H2,1-3H3. The van der Waals surface area contributed by atoms with E-state index in [1.807, 2.05) is 0 Å². The maximum Gasteiger partial charge on any atom is 0.261 e. The predicted octanol–water partition coefficient (Wildman–Crippen LogP) is 2.85. The first-order valence-corrected chi connectivity index (χ1v) is 12.7. The summed E-state index contributed by atoms with van der Waals surface area (Å²) >= 11 is 0. The summed E-state index contributed by atoms with van der Waals surface area (Å²) in [5.41, 5.74) is 0.968. The third kappa shape index (κ3) is 4.40. The zero-order valence-corrected chi connectivity index (χ0v) is 18.8. The van der Waals surface area contributed by atoms with Crippen molar-refractivity contribution in [2.75, 3.05) is 31.0 Å². The molecule has 2 aromatic rings. The number of nitrogens with zero attached hydrogens (tertiary/aromatic N) is 1. The van der Waals surface area contributed by atoms with Gasteiger partial charge in [0.1, 0.15) is 16.4 Å². The van der Waals surface area contributed by atoms with E-state index in [1.54, 1.807) is 32.9 Å². The highest BCUT2D eigenvalue weighted by atomic mass is 32.2. The number of rotatable bonds is 9. The fourth-order valence-electron chi connectivity index (χ4n) is 3.29. The maximum absolute atomic E-state index is 13.1. The van der Waals surface area contributed by atoms with E-state index in [0.717, 1.165) is 5.56 Å². The smallest absolute Gasteiger partial charge is 0.261 e. The largest absolute Gasteiger partial charge is 0.493 e. The molecule has 0 amide bonds. The van der Waals surface area contributed by atoms with E-state index >= 15 is 0 Å².